The molecule has 1 radical (unpaired) electrons. The number of imidazole rings is 1. The minimum atomic E-state index is 0. The topological polar surface area (TPSA) is 24.3 Å². The number of aryl methyl sites for hydroxylation is 1. The van der Waals surface area contributed by atoms with Crippen molar-refractivity contribution in [2.45, 2.75) is 20.0 Å². The van der Waals surface area contributed by atoms with E-state index in [1.54, 1.807) is 0 Å². The Morgan fingerprint density at radius 1 is 0.964 bits per heavy atom. The molecule has 4 aromatic rings. The van der Waals surface area contributed by atoms with Gasteiger partial charge in [0.15, 0.2) is 0 Å². The second-order valence-electron chi connectivity index (χ2n) is 6.97. The first-order valence-corrected chi connectivity index (χ1v) is 9.15. The fourth-order valence-corrected chi connectivity index (χ4v) is 3.78. The number of hydrogen-bond acceptors (Lipinski definition) is 3. The molecule has 0 spiro atoms. The molecule has 4 nitrogen and oxygen atoms in total. The van der Waals surface area contributed by atoms with Gasteiger partial charge in [-0.1, -0.05) is 19.1 Å². The van der Waals surface area contributed by atoms with Crippen molar-refractivity contribution in [2.75, 3.05) is 17.0 Å². The second-order valence-corrected chi connectivity index (χ2v) is 6.97. The molecule has 3 aromatic carbocycles. The van der Waals surface area contributed by atoms with Crippen molar-refractivity contribution in [1.29, 1.82) is 0 Å². The molecule has 0 saturated heterocycles. The Morgan fingerprint density at radius 2 is 1.75 bits per heavy atom. The molecule has 0 unspecified atom stereocenters. The Morgan fingerprint density at radius 3 is 2.54 bits per heavy atom. The van der Waals surface area contributed by atoms with Gasteiger partial charge in [0, 0.05) is 39.8 Å². The summed E-state index contributed by atoms with van der Waals surface area (Å²) in [6.45, 7) is 4.32. The van der Waals surface area contributed by atoms with Gasteiger partial charge in [0.1, 0.15) is 6.17 Å². The van der Waals surface area contributed by atoms with Gasteiger partial charge >= 0.3 is 0 Å². The molecule has 0 N–H and O–H groups in total. The quantitative estimate of drug-likeness (QED) is 0.423. The van der Waals surface area contributed by atoms with Crippen molar-refractivity contribution in [3.05, 3.63) is 78.4 Å². The van der Waals surface area contributed by atoms with Crippen molar-refractivity contribution in [3.8, 4) is 11.1 Å². The Bertz CT molecular complexity index is 1140. The largest absolute Gasteiger partial charge is 0.307 e. The van der Waals surface area contributed by atoms with Gasteiger partial charge in [-0.05, 0) is 24.7 Å². The second kappa shape index (κ2) is 7.34. The van der Waals surface area contributed by atoms with Crippen LogP contribution in [0.5, 0.6) is 0 Å². The van der Waals surface area contributed by atoms with Gasteiger partial charge in [-0.25, -0.2) is 20.8 Å². The van der Waals surface area contributed by atoms with Crippen LogP contribution in [0, 0.1) is 19.1 Å². The minimum absolute atomic E-state index is 0. The molecule has 0 fully saturated rings. The summed E-state index contributed by atoms with van der Waals surface area (Å²) in [6.07, 6.45) is 0.141. The molecule has 1 aliphatic rings. The fourth-order valence-electron chi connectivity index (χ4n) is 3.78. The number of nitrogens with zero attached hydrogens (tertiary/aromatic N) is 4. The van der Waals surface area contributed by atoms with Crippen LogP contribution in [0.1, 0.15) is 12.5 Å². The standard InChI is InChI=1S/C23H20N4.Y/c1-16-13-14-19(18-9-5-4-6-10-18)15-22(16)26-17(2)25(3)27-21-12-8-7-11-20(21)24-23(26)27;/h4-9,11-14,17H,1-3H3;/q-2;/t17-;/m0./s1. The van der Waals surface area contributed by atoms with Gasteiger partial charge in [-0.15, -0.1) is 17.7 Å². The number of anilines is 2. The minimum Gasteiger partial charge on any atom is -0.307 e. The summed E-state index contributed by atoms with van der Waals surface area (Å²) < 4.78 is 2.19. The zero-order valence-corrected chi connectivity index (χ0v) is 19.1. The number of aromatic nitrogens is 2. The molecular weight excluding hydrogens is 421 g/mol. The van der Waals surface area contributed by atoms with E-state index in [4.69, 9.17) is 4.98 Å². The number of hydrogen-bond donors (Lipinski definition) is 0. The molecule has 28 heavy (non-hydrogen) atoms. The summed E-state index contributed by atoms with van der Waals surface area (Å²) in [7, 11) is 2.10. The van der Waals surface area contributed by atoms with E-state index in [2.05, 4.69) is 84.0 Å². The third-order valence-electron chi connectivity index (χ3n) is 5.33. The van der Waals surface area contributed by atoms with Crippen molar-refractivity contribution < 1.29 is 32.7 Å². The average molecular weight is 441 g/mol. The molecule has 1 atom stereocenters. The molecule has 0 bridgehead atoms. The van der Waals surface area contributed by atoms with E-state index in [-0.39, 0.29) is 38.9 Å². The fraction of sp³-hybridized carbons (Fsp3) is 0.174. The van der Waals surface area contributed by atoms with E-state index in [1.807, 2.05) is 24.3 Å². The van der Waals surface area contributed by atoms with Gasteiger partial charge in [0.25, 0.3) is 0 Å². The zero-order valence-electron chi connectivity index (χ0n) is 16.2. The Kier molecular flexibility index (Phi) is 5.02. The van der Waals surface area contributed by atoms with Crippen LogP contribution in [0.15, 0.2) is 60.7 Å². The van der Waals surface area contributed by atoms with E-state index in [9.17, 15) is 0 Å². The molecule has 0 amide bonds. The Balaban J connectivity index is 0.00000192. The van der Waals surface area contributed by atoms with Gasteiger partial charge < -0.3 is 4.90 Å². The molecular formula is C23H20N4Y-2. The third-order valence-corrected chi connectivity index (χ3v) is 5.33. The SMILES string of the molecule is Cc1ccc(-c2[c-]cccc2)[c-]c1N1c2nc3ccccc3n2N(C)[C@@H]1C.[Y]. The van der Waals surface area contributed by atoms with E-state index in [1.165, 1.54) is 5.56 Å². The number of rotatable bonds is 2. The maximum atomic E-state index is 4.91. The first-order valence-electron chi connectivity index (χ1n) is 9.15. The van der Waals surface area contributed by atoms with E-state index in [0.29, 0.717) is 0 Å². The van der Waals surface area contributed by atoms with E-state index < -0.39 is 0 Å². The van der Waals surface area contributed by atoms with Crippen LogP contribution in [0.3, 0.4) is 0 Å². The summed E-state index contributed by atoms with van der Waals surface area (Å²) in [5, 5.41) is 2.22. The summed E-state index contributed by atoms with van der Waals surface area (Å²) in [5.41, 5.74) is 6.44. The van der Waals surface area contributed by atoms with Crippen molar-refractivity contribution >= 4 is 22.7 Å². The summed E-state index contributed by atoms with van der Waals surface area (Å²) in [4.78, 5) is 7.18. The predicted octanol–water partition coefficient (Wildman–Crippen LogP) is 4.68. The predicted molar refractivity (Wildman–Crippen MR) is 110 cm³/mol. The normalized spacial score (nSPS) is 15.6. The molecule has 1 aromatic heterocycles. The van der Waals surface area contributed by atoms with Crippen LogP contribution >= 0.6 is 0 Å². The van der Waals surface area contributed by atoms with Crippen LogP contribution in [-0.2, 0) is 32.7 Å². The van der Waals surface area contributed by atoms with Crippen LogP contribution in [0.25, 0.3) is 22.2 Å². The zero-order chi connectivity index (χ0) is 18.5. The molecule has 0 saturated carbocycles. The van der Waals surface area contributed by atoms with Crippen molar-refractivity contribution in [2.24, 2.45) is 0 Å². The molecule has 5 heteroatoms. The van der Waals surface area contributed by atoms with Gasteiger partial charge in [0.05, 0.1) is 11.0 Å². The smallest absolute Gasteiger partial charge is 0.230 e. The maximum Gasteiger partial charge on any atom is 0.230 e. The summed E-state index contributed by atoms with van der Waals surface area (Å²) in [6, 6.07) is 27.5. The Hall–Kier alpha value is -2.17. The van der Waals surface area contributed by atoms with Gasteiger partial charge in [0.2, 0.25) is 5.95 Å². The number of fused-ring (bicyclic) bond motifs is 3. The van der Waals surface area contributed by atoms with Gasteiger partial charge in [-0.3, -0.25) is 5.01 Å². The van der Waals surface area contributed by atoms with Crippen LogP contribution in [-0.4, -0.2) is 22.9 Å². The molecule has 1 aliphatic heterocycles. The summed E-state index contributed by atoms with van der Waals surface area (Å²) >= 11 is 0. The number of para-hydroxylation sites is 2. The average Bonchev–Trinajstić information content (AvgIpc) is 3.18. The third kappa shape index (κ3) is 2.87. The monoisotopic (exact) mass is 441 g/mol. The van der Waals surface area contributed by atoms with Crippen LogP contribution < -0.4 is 9.91 Å². The molecule has 2 heterocycles. The Labute approximate surface area is 190 Å². The first kappa shape index (κ1) is 19.2. The summed E-state index contributed by atoms with van der Waals surface area (Å²) in [5.74, 6) is 0.930. The van der Waals surface area contributed by atoms with E-state index >= 15 is 0 Å². The first-order chi connectivity index (χ1) is 13.1. The van der Waals surface area contributed by atoms with Crippen molar-refractivity contribution in [1.82, 2.24) is 9.66 Å². The van der Waals surface area contributed by atoms with Crippen LogP contribution in [0.4, 0.5) is 11.6 Å². The molecule has 5 rings (SSSR count). The number of benzene rings is 3. The van der Waals surface area contributed by atoms with Crippen molar-refractivity contribution in [3.63, 3.8) is 0 Å². The molecule has 0 aliphatic carbocycles. The van der Waals surface area contributed by atoms with Crippen LogP contribution in [0.2, 0.25) is 0 Å². The van der Waals surface area contributed by atoms with Gasteiger partial charge in [-0.2, -0.15) is 36.4 Å². The molecule has 137 valence electrons. The maximum absolute atomic E-state index is 4.91. The van der Waals surface area contributed by atoms with E-state index in [0.717, 1.165) is 33.8 Å².